The number of aliphatic hydroxyl groups excluding tert-OH is 1. The van der Waals surface area contributed by atoms with Crippen LogP contribution in [0, 0.1) is 18.8 Å². The maximum absolute atomic E-state index is 8.67. The highest BCUT2D eigenvalue weighted by atomic mass is 16.5. The third-order valence-electron chi connectivity index (χ3n) is 2.48. The van der Waals surface area contributed by atoms with Crippen molar-refractivity contribution in [3.63, 3.8) is 0 Å². The van der Waals surface area contributed by atoms with Crippen LogP contribution in [0.5, 0.6) is 5.75 Å². The van der Waals surface area contributed by atoms with Crippen molar-refractivity contribution in [3.8, 4) is 17.6 Å². The van der Waals surface area contributed by atoms with Crippen molar-refractivity contribution in [2.45, 2.75) is 26.7 Å². The molecule has 0 aromatic heterocycles. The van der Waals surface area contributed by atoms with Crippen molar-refractivity contribution >= 4 is 0 Å². The largest absolute Gasteiger partial charge is 0.491 e. The first-order chi connectivity index (χ1) is 9.27. The molecule has 0 amide bonds. The second kappa shape index (κ2) is 9.43. The van der Waals surface area contributed by atoms with E-state index in [2.05, 4.69) is 18.8 Å². The van der Waals surface area contributed by atoms with E-state index in [0.29, 0.717) is 19.6 Å². The van der Waals surface area contributed by atoms with Gasteiger partial charge in [-0.25, -0.2) is 0 Å². The maximum Gasteiger partial charge on any atom is 0.122 e. The number of hydrogen-bond acceptors (Lipinski definition) is 3. The Balaban J connectivity index is 2.46. The highest BCUT2D eigenvalue weighted by molar-refractivity contribution is 5.43. The summed E-state index contributed by atoms with van der Waals surface area (Å²) in [6, 6.07) is 5.85. The van der Waals surface area contributed by atoms with Gasteiger partial charge in [-0.2, -0.15) is 0 Å². The molecular weight excluding hydrogens is 240 g/mol. The Hall–Kier alpha value is -1.50. The van der Waals surface area contributed by atoms with Gasteiger partial charge in [0.2, 0.25) is 0 Å². The summed E-state index contributed by atoms with van der Waals surface area (Å²) >= 11 is 0. The van der Waals surface area contributed by atoms with E-state index < -0.39 is 0 Å². The fourth-order valence-corrected chi connectivity index (χ4v) is 1.57. The quantitative estimate of drug-likeness (QED) is 0.606. The molecule has 0 radical (unpaired) electrons. The second-order valence-electron chi connectivity index (χ2n) is 4.22. The van der Waals surface area contributed by atoms with E-state index in [9.17, 15) is 0 Å². The molecule has 0 heterocycles. The third-order valence-corrected chi connectivity index (χ3v) is 2.48. The zero-order valence-corrected chi connectivity index (χ0v) is 11.7. The van der Waals surface area contributed by atoms with Gasteiger partial charge in [0.15, 0.2) is 0 Å². The Labute approximate surface area is 115 Å². The van der Waals surface area contributed by atoms with Gasteiger partial charge in [0.1, 0.15) is 12.4 Å². The molecular formula is C16H22O3. The minimum atomic E-state index is 0.102. The average molecular weight is 262 g/mol. The predicted octanol–water partition coefficient (Wildman–Crippen LogP) is 2.53. The van der Waals surface area contributed by atoms with E-state index in [1.54, 1.807) is 0 Å². The molecule has 0 fully saturated rings. The summed E-state index contributed by atoms with van der Waals surface area (Å²) in [5, 5.41) is 8.67. The number of rotatable bonds is 7. The molecule has 3 nitrogen and oxygen atoms in total. The monoisotopic (exact) mass is 262 g/mol. The number of aryl methyl sites for hydroxylation is 1. The van der Waals surface area contributed by atoms with Crippen LogP contribution in [0.25, 0.3) is 0 Å². The smallest absolute Gasteiger partial charge is 0.122 e. The Kier molecular flexibility index (Phi) is 7.72. The molecule has 0 aliphatic rings. The van der Waals surface area contributed by atoms with Crippen molar-refractivity contribution in [2.75, 3.05) is 26.4 Å². The minimum Gasteiger partial charge on any atom is -0.491 e. The van der Waals surface area contributed by atoms with Gasteiger partial charge >= 0.3 is 0 Å². The topological polar surface area (TPSA) is 38.7 Å². The van der Waals surface area contributed by atoms with E-state index in [1.165, 1.54) is 0 Å². The number of benzene rings is 1. The fourth-order valence-electron chi connectivity index (χ4n) is 1.57. The van der Waals surface area contributed by atoms with E-state index in [1.807, 2.05) is 25.1 Å². The molecule has 3 heteroatoms. The lowest BCUT2D eigenvalue weighted by Crippen LogP contribution is -2.07. The molecule has 0 spiro atoms. The Bertz CT molecular complexity index is 429. The lowest BCUT2D eigenvalue weighted by molar-refractivity contribution is 0.100. The van der Waals surface area contributed by atoms with Crippen LogP contribution in [0.3, 0.4) is 0 Å². The van der Waals surface area contributed by atoms with Crippen LogP contribution in [0.2, 0.25) is 0 Å². The summed E-state index contributed by atoms with van der Waals surface area (Å²) in [7, 11) is 0. The first-order valence-electron chi connectivity index (χ1n) is 6.69. The van der Waals surface area contributed by atoms with Crippen LogP contribution in [0.15, 0.2) is 18.2 Å². The SMILES string of the molecule is CCCOCCOc1ccc(C#CCCO)cc1C. The molecule has 0 bridgehead atoms. The molecule has 0 saturated heterocycles. The van der Waals surface area contributed by atoms with Gasteiger partial charge in [0.25, 0.3) is 0 Å². The van der Waals surface area contributed by atoms with Gasteiger partial charge in [-0.15, -0.1) is 0 Å². The molecule has 1 aromatic rings. The van der Waals surface area contributed by atoms with E-state index in [4.69, 9.17) is 14.6 Å². The first kappa shape index (κ1) is 15.6. The average Bonchev–Trinajstić information content (AvgIpc) is 2.41. The summed E-state index contributed by atoms with van der Waals surface area (Å²) in [6.07, 6.45) is 1.53. The number of hydrogen-bond donors (Lipinski definition) is 1. The van der Waals surface area contributed by atoms with Gasteiger partial charge in [-0.05, 0) is 37.1 Å². The Morgan fingerprint density at radius 2 is 2.05 bits per heavy atom. The van der Waals surface area contributed by atoms with Gasteiger partial charge in [0, 0.05) is 18.6 Å². The van der Waals surface area contributed by atoms with Gasteiger partial charge < -0.3 is 14.6 Å². The summed E-state index contributed by atoms with van der Waals surface area (Å²) in [5.41, 5.74) is 2.01. The standard InChI is InChI=1S/C16H22O3/c1-3-10-18-11-12-19-16-8-7-15(13-14(16)2)6-4-5-9-17/h7-8,13,17H,3,5,9-12H2,1-2H3. The minimum absolute atomic E-state index is 0.102. The molecule has 0 saturated carbocycles. The van der Waals surface area contributed by atoms with E-state index in [-0.39, 0.29) is 6.61 Å². The van der Waals surface area contributed by atoms with Gasteiger partial charge in [-0.3, -0.25) is 0 Å². The molecule has 0 unspecified atom stereocenters. The van der Waals surface area contributed by atoms with Gasteiger partial charge in [-0.1, -0.05) is 18.8 Å². The molecule has 1 rings (SSSR count). The van der Waals surface area contributed by atoms with Crippen molar-refractivity contribution in [3.05, 3.63) is 29.3 Å². The lowest BCUT2D eigenvalue weighted by Gasteiger charge is -2.09. The van der Waals surface area contributed by atoms with Crippen molar-refractivity contribution in [2.24, 2.45) is 0 Å². The van der Waals surface area contributed by atoms with Gasteiger partial charge in [0.05, 0.1) is 13.2 Å². The van der Waals surface area contributed by atoms with Crippen LogP contribution in [0.4, 0.5) is 0 Å². The summed E-state index contributed by atoms with van der Waals surface area (Å²) in [5.74, 6) is 6.78. The zero-order valence-electron chi connectivity index (χ0n) is 11.7. The maximum atomic E-state index is 8.67. The highest BCUT2D eigenvalue weighted by Gasteiger charge is 2.00. The second-order valence-corrected chi connectivity index (χ2v) is 4.22. The first-order valence-corrected chi connectivity index (χ1v) is 6.69. The third kappa shape index (κ3) is 6.28. The normalized spacial score (nSPS) is 9.84. The summed E-state index contributed by atoms with van der Waals surface area (Å²) in [6.45, 7) is 6.15. The molecule has 19 heavy (non-hydrogen) atoms. The van der Waals surface area contributed by atoms with Crippen LogP contribution in [0.1, 0.15) is 30.9 Å². The molecule has 0 aliphatic heterocycles. The van der Waals surface area contributed by atoms with Crippen LogP contribution < -0.4 is 4.74 Å². The number of ether oxygens (including phenoxy) is 2. The van der Waals surface area contributed by atoms with Crippen molar-refractivity contribution < 1.29 is 14.6 Å². The van der Waals surface area contributed by atoms with E-state index >= 15 is 0 Å². The fraction of sp³-hybridized carbons (Fsp3) is 0.500. The molecule has 1 aromatic carbocycles. The molecule has 1 N–H and O–H groups in total. The van der Waals surface area contributed by atoms with Crippen molar-refractivity contribution in [1.82, 2.24) is 0 Å². The molecule has 0 atom stereocenters. The van der Waals surface area contributed by atoms with Crippen molar-refractivity contribution in [1.29, 1.82) is 0 Å². The van der Waals surface area contributed by atoms with E-state index in [0.717, 1.165) is 29.9 Å². The number of aliphatic hydroxyl groups is 1. The predicted molar refractivity (Wildman–Crippen MR) is 76.4 cm³/mol. The highest BCUT2D eigenvalue weighted by Crippen LogP contribution is 2.18. The van der Waals surface area contributed by atoms with Crippen LogP contribution in [-0.2, 0) is 4.74 Å². The Morgan fingerprint density at radius 3 is 2.74 bits per heavy atom. The summed E-state index contributed by atoms with van der Waals surface area (Å²) in [4.78, 5) is 0. The summed E-state index contributed by atoms with van der Waals surface area (Å²) < 4.78 is 11.0. The molecule has 104 valence electrons. The molecule has 0 aliphatic carbocycles. The zero-order chi connectivity index (χ0) is 13.9. The van der Waals surface area contributed by atoms with Crippen LogP contribution in [-0.4, -0.2) is 31.5 Å². The van der Waals surface area contributed by atoms with Crippen LogP contribution >= 0.6 is 0 Å². The Morgan fingerprint density at radius 1 is 1.21 bits per heavy atom. The lowest BCUT2D eigenvalue weighted by atomic mass is 10.1.